The lowest BCUT2D eigenvalue weighted by molar-refractivity contribution is 0.0734. The van der Waals surface area contributed by atoms with E-state index in [9.17, 15) is 4.79 Å². The lowest BCUT2D eigenvalue weighted by Gasteiger charge is -2.29. The number of isothiocyanates is 1. The minimum Gasteiger partial charge on any atom is -0.423 e. The summed E-state index contributed by atoms with van der Waals surface area (Å²) in [6.45, 7) is 2.27. The number of ether oxygens (including phenoxy) is 1. The summed E-state index contributed by atoms with van der Waals surface area (Å²) in [6, 6.07) is 14.9. The molecule has 0 spiro atoms. The highest BCUT2D eigenvalue weighted by molar-refractivity contribution is 7.78. The Balaban J connectivity index is 1.45. The molecule has 0 heterocycles. The largest absolute Gasteiger partial charge is 0.423 e. The van der Waals surface area contributed by atoms with Crippen LogP contribution in [0, 0.1) is 5.92 Å². The van der Waals surface area contributed by atoms with Gasteiger partial charge in [0.25, 0.3) is 0 Å². The van der Waals surface area contributed by atoms with E-state index in [2.05, 4.69) is 41.4 Å². The third kappa shape index (κ3) is 7.41. The van der Waals surface area contributed by atoms with E-state index in [0.717, 1.165) is 5.92 Å². The third-order valence-electron chi connectivity index (χ3n) is 6.40. The molecule has 2 aromatic carbocycles. The molecule has 1 aliphatic rings. The summed E-state index contributed by atoms with van der Waals surface area (Å²) in [7, 11) is 0. The van der Waals surface area contributed by atoms with E-state index in [1.54, 1.807) is 24.3 Å². The fourth-order valence-corrected chi connectivity index (χ4v) is 4.63. The van der Waals surface area contributed by atoms with Crippen molar-refractivity contribution in [1.82, 2.24) is 0 Å². The number of aliphatic imine (C=N–C) groups is 1. The van der Waals surface area contributed by atoms with Crippen LogP contribution >= 0.6 is 12.2 Å². The normalized spacial score (nSPS) is 18.2. The van der Waals surface area contributed by atoms with Gasteiger partial charge in [-0.2, -0.15) is 4.99 Å². The van der Waals surface area contributed by atoms with Gasteiger partial charge in [-0.25, -0.2) is 4.79 Å². The quantitative estimate of drug-likeness (QED) is 0.124. The van der Waals surface area contributed by atoms with Crippen LogP contribution in [0.15, 0.2) is 53.5 Å². The van der Waals surface area contributed by atoms with E-state index in [-0.39, 0.29) is 5.97 Å². The lowest BCUT2D eigenvalue weighted by atomic mass is 9.77. The third-order valence-corrected chi connectivity index (χ3v) is 6.49. The molecule has 0 aromatic heterocycles. The Bertz CT molecular complexity index is 861. The van der Waals surface area contributed by atoms with Gasteiger partial charge in [0.1, 0.15) is 5.75 Å². The molecule has 0 unspecified atom stereocenters. The highest BCUT2D eigenvalue weighted by Gasteiger charge is 2.22. The number of thiocarbonyl (C=S) groups is 1. The van der Waals surface area contributed by atoms with E-state index in [4.69, 9.17) is 4.74 Å². The van der Waals surface area contributed by atoms with E-state index in [1.807, 2.05) is 12.1 Å². The van der Waals surface area contributed by atoms with Crippen molar-refractivity contribution in [3.8, 4) is 5.75 Å². The Morgan fingerprint density at radius 3 is 2.29 bits per heavy atom. The Morgan fingerprint density at radius 2 is 1.65 bits per heavy atom. The molecule has 0 radical (unpaired) electrons. The first kappa shape index (κ1) is 23.4. The summed E-state index contributed by atoms with van der Waals surface area (Å²) < 4.78 is 5.47. The Kier molecular flexibility index (Phi) is 9.45. The predicted molar refractivity (Wildman–Crippen MR) is 131 cm³/mol. The van der Waals surface area contributed by atoms with Crippen molar-refractivity contribution in [1.29, 1.82) is 0 Å². The van der Waals surface area contributed by atoms with Crippen LogP contribution in [0.1, 0.15) is 93.0 Å². The molecule has 0 aliphatic heterocycles. The monoisotopic (exact) mass is 435 g/mol. The number of nitrogens with zero attached hydrogens (tertiary/aromatic N) is 1. The molecule has 0 amide bonds. The number of unbranched alkanes of at least 4 members (excludes halogenated alkanes) is 4. The van der Waals surface area contributed by atoms with Crippen molar-refractivity contribution in [3.63, 3.8) is 0 Å². The zero-order valence-electron chi connectivity index (χ0n) is 18.5. The van der Waals surface area contributed by atoms with Crippen molar-refractivity contribution in [2.75, 3.05) is 0 Å². The first-order valence-electron chi connectivity index (χ1n) is 11.7. The first-order chi connectivity index (χ1) is 15.2. The molecule has 1 aliphatic carbocycles. The van der Waals surface area contributed by atoms with Gasteiger partial charge < -0.3 is 4.74 Å². The molecule has 0 saturated heterocycles. The average Bonchev–Trinajstić information content (AvgIpc) is 2.81. The molecule has 3 nitrogen and oxygen atoms in total. The van der Waals surface area contributed by atoms with Crippen molar-refractivity contribution in [3.05, 3.63) is 59.7 Å². The Labute approximate surface area is 191 Å². The van der Waals surface area contributed by atoms with Gasteiger partial charge in [0, 0.05) is 0 Å². The van der Waals surface area contributed by atoms with Crippen LogP contribution in [0.25, 0.3) is 0 Å². The van der Waals surface area contributed by atoms with Crippen LogP contribution in [-0.4, -0.2) is 11.1 Å². The fraction of sp³-hybridized carbons (Fsp3) is 0.481. The van der Waals surface area contributed by atoms with Crippen molar-refractivity contribution in [2.24, 2.45) is 10.9 Å². The zero-order chi connectivity index (χ0) is 21.9. The molecular formula is C27H33NO2S. The maximum absolute atomic E-state index is 12.4. The van der Waals surface area contributed by atoms with Gasteiger partial charge in [0.15, 0.2) is 0 Å². The summed E-state index contributed by atoms with van der Waals surface area (Å²) in [4.78, 5) is 16.3. The predicted octanol–water partition coefficient (Wildman–Crippen LogP) is 8.27. The average molecular weight is 436 g/mol. The van der Waals surface area contributed by atoms with Crippen molar-refractivity contribution >= 4 is 29.0 Å². The van der Waals surface area contributed by atoms with Crippen LogP contribution in [0.3, 0.4) is 0 Å². The second kappa shape index (κ2) is 12.5. The minimum absolute atomic E-state index is 0.343. The summed E-state index contributed by atoms with van der Waals surface area (Å²) in [5, 5.41) is 2.32. The highest BCUT2D eigenvalue weighted by atomic mass is 32.1. The maximum atomic E-state index is 12.4. The smallest absolute Gasteiger partial charge is 0.343 e. The van der Waals surface area contributed by atoms with E-state index in [0.29, 0.717) is 22.9 Å². The molecule has 3 rings (SSSR count). The summed E-state index contributed by atoms with van der Waals surface area (Å²) in [5.41, 5.74) is 2.61. The summed E-state index contributed by atoms with van der Waals surface area (Å²) >= 11 is 4.59. The van der Waals surface area contributed by atoms with Crippen LogP contribution in [-0.2, 0) is 0 Å². The molecule has 2 aromatic rings. The molecular weight excluding hydrogens is 402 g/mol. The second-order valence-corrected chi connectivity index (χ2v) is 8.81. The van der Waals surface area contributed by atoms with E-state index >= 15 is 0 Å². The van der Waals surface area contributed by atoms with Gasteiger partial charge in [0.2, 0.25) is 0 Å². The molecule has 4 heteroatoms. The number of hydrogen-bond donors (Lipinski definition) is 0. The van der Waals surface area contributed by atoms with Crippen LogP contribution in [0.4, 0.5) is 5.69 Å². The van der Waals surface area contributed by atoms with Crippen LogP contribution in [0.2, 0.25) is 0 Å². The van der Waals surface area contributed by atoms with Gasteiger partial charge in [-0.3, -0.25) is 0 Å². The number of esters is 1. The standard InChI is InChI=1S/C27H33NO2S/c1-2-3-4-5-6-7-21-8-10-22(11-9-21)23-12-14-24(15-13-23)27(29)30-26-18-16-25(17-19-26)28-20-31/h12-19,21-22H,2-11H2,1H3. The fourth-order valence-electron chi connectivity index (χ4n) is 4.52. The summed E-state index contributed by atoms with van der Waals surface area (Å²) in [6.07, 6.45) is 13.5. The molecule has 0 atom stereocenters. The molecule has 31 heavy (non-hydrogen) atoms. The van der Waals surface area contributed by atoms with Gasteiger partial charge >= 0.3 is 5.97 Å². The lowest BCUT2D eigenvalue weighted by Crippen LogP contribution is -2.14. The van der Waals surface area contributed by atoms with Gasteiger partial charge in [-0.15, -0.1) is 0 Å². The molecule has 1 fully saturated rings. The SMILES string of the molecule is CCCCCCCC1CCC(c2ccc(C(=O)Oc3ccc(N=C=S)cc3)cc2)CC1. The Morgan fingerprint density at radius 1 is 0.968 bits per heavy atom. The van der Waals surface area contributed by atoms with Crippen molar-refractivity contribution in [2.45, 2.75) is 77.0 Å². The van der Waals surface area contributed by atoms with Crippen molar-refractivity contribution < 1.29 is 9.53 Å². The number of carbonyl (C=O) groups excluding carboxylic acids is 1. The zero-order valence-corrected chi connectivity index (χ0v) is 19.3. The van der Waals surface area contributed by atoms with Crippen LogP contribution < -0.4 is 4.74 Å². The number of hydrogen-bond acceptors (Lipinski definition) is 4. The molecule has 164 valence electrons. The van der Waals surface area contributed by atoms with Crippen LogP contribution in [0.5, 0.6) is 5.75 Å². The minimum atomic E-state index is -0.343. The van der Waals surface area contributed by atoms with Gasteiger partial charge in [-0.05, 0) is 91.7 Å². The molecule has 1 saturated carbocycles. The number of rotatable bonds is 10. The van der Waals surface area contributed by atoms with Gasteiger partial charge in [0.05, 0.1) is 16.4 Å². The van der Waals surface area contributed by atoms with E-state index in [1.165, 1.54) is 69.8 Å². The van der Waals surface area contributed by atoms with Gasteiger partial charge in [-0.1, -0.05) is 57.6 Å². The molecule has 0 N–H and O–H groups in total. The topological polar surface area (TPSA) is 38.7 Å². The van der Waals surface area contributed by atoms with E-state index < -0.39 is 0 Å². The molecule has 0 bridgehead atoms. The number of benzene rings is 2. The highest BCUT2D eigenvalue weighted by Crippen LogP contribution is 2.37. The number of carbonyl (C=O) groups is 1. The Hall–Kier alpha value is -2.29. The summed E-state index contributed by atoms with van der Waals surface area (Å²) in [5.74, 6) is 1.68. The second-order valence-electron chi connectivity index (χ2n) is 8.63. The first-order valence-corrected chi connectivity index (χ1v) is 12.1. The maximum Gasteiger partial charge on any atom is 0.343 e.